The van der Waals surface area contributed by atoms with Crippen molar-refractivity contribution in [1.29, 1.82) is 0 Å². The molecule has 4 aromatic carbocycles. The number of phenolic OH excluding ortho intramolecular Hbond substituents is 1. The Morgan fingerprint density at radius 3 is 2.27 bits per heavy atom. The molecule has 1 N–H and O–H groups in total. The van der Waals surface area contributed by atoms with Crippen LogP contribution in [0, 0.1) is 11.7 Å². The second-order valence-electron chi connectivity index (χ2n) is 11.5. The molecule has 2 heterocycles. The molecule has 1 unspecified atom stereocenters. The Labute approximate surface area is 243 Å². The Bertz CT molecular complexity index is 1400. The van der Waals surface area contributed by atoms with Crippen molar-refractivity contribution < 1.29 is 14.2 Å². The summed E-state index contributed by atoms with van der Waals surface area (Å²) in [6.45, 7) is 4.76. The normalized spacial score (nSPS) is 17.8. The fourth-order valence-electron chi connectivity index (χ4n) is 6.46. The van der Waals surface area contributed by atoms with Crippen LogP contribution in [0.3, 0.4) is 0 Å². The molecule has 5 heteroatoms. The summed E-state index contributed by atoms with van der Waals surface area (Å²) in [4.78, 5) is 4.88. The van der Waals surface area contributed by atoms with E-state index in [2.05, 4.69) is 64.4 Å². The summed E-state index contributed by atoms with van der Waals surface area (Å²) < 4.78 is 19.8. The van der Waals surface area contributed by atoms with Gasteiger partial charge in [0.2, 0.25) is 0 Å². The van der Waals surface area contributed by atoms with Crippen molar-refractivity contribution in [1.82, 2.24) is 4.90 Å². The van der Waals surface area contributed by atoms with Crippen molar-refractivity contribution in [3.63, 3.8) is 0 Å². The van der Waals surface area contributed by atoms with E-state index in [0.717, 1.165) is 56.4 Å². The lowest BCUT2D eigenvalue weighted by Crippen LogP contribution is -2.37. The smallest absolute Gasteiger partial charge is 0.123 e. The number of piperidine rings is 1. The van der Waals surface area contributed by atoms with Crippen molar-refractivity contribution in [3.8, 4) is 11.5 Å². The first kappa shape index (κ1) is 27.3. The number of likely N-dealkylation sites (tertiary alicyclic amines) is 1. The fourth-order valence-corrected chi connectivity index (χ4v) is 6.46. The lowest BCUT2D eigenvalue weighted by atomic mass is 9.88. The van der Waals surface area contributed by atoms with Crippen molar-refractivity contribution in [2.45, 2.75) is 38.1 Å². The zero-order chi connectivity index (χ0) is 28.0. The van der Waals surface area contributed by atoms with Crippen LogP contribution < -0.4 is 9.64 Å². The highest BCUT2D eigenvalue weighted by Crippen LogP contribution is 2.37. The molecular weight excluding hydrogens is 511 g/mol. The number of hydrogen-bond acceptors (Lipinski definition) is 4. The van der Waals surface area contributed by atoms with Gasteiger partial charge in [-0.3, -0.25) is 4.90 Å². The number of aromatic hydroxyl groups is 1. The number of phenols is 1. The third-order valence-corrected chi connectivity index (χ3v) is 8.75. The van der Waals surface area contributed by atoms with Crippen LogP contribution in [0.25, 0.3) is 0 Å². The van der Waals surface area contributed by atoms with Gasteiger partial charge in [0.15, 0.2) is 0 Å². The number of ether oxygens (including phenoxy) is 1. The molecule has 0 aliphatic carbocycles. The second-order valence-corrected chi connectivity index (χ2v) is 11.5. The van der Waals surface area contributed by atoms with Crippen LogP contribution >= 0.6 is 0 Å². The largest absolute Gasteiger partial charge is 0.508 e. The highest BCUT2D eigenvalue weighted by Gasteiger charge is 2.28. The highest BCUT2D eigenvalue weighted by atomic mass is 19.1. The third-order valence-electron chi connectivity index (χ3n) is 8.75. The van der Waals surface area contributed by atoms with Gasteiger partial charge in [-0.2, -0.15) is 0 Å². The van der Waals surface area contributed by atoms with Crippen molar-refractivity contribution in [3.05, 3.63) is 125 Å². The first-order valence-electron chi connectivity index (χ1n) is 14.9. The van der Waals surface area contributed by atoms with Gasteiger partial charge < -0.3 is 14.7 Å². The maximum Gasteiger partial charge on any atom is 0.123 e. The Kier molecular flexibility index (Phi) is 8.52. The highest BCUT2D eigenvalue weighted by molar-refractivity contribution is 5.53. The number of fused-ring (bicyclic) bond motifs is 1. The van der Waals surface area contributed by atoms with Gasteiger partial charge >= 0.3 is 0 Å². The average molecular weight is 551 g/mol. The third kappa shape index (κ3) is 6.91. The molecule has 1 atom stereocenters. The molecule has 2 aliphatic rings. The SMILES string of the molecule is Oc1ccc2c(c1)CCN(c1ccc(F)cc1)C2Cc1ccc(OCCN2CCC(Cc3ccccc3)CC2)cc1. The van der Waals surface area contributed by atoms with Gasteiger partial charge in [0, 0.05) is 18.8 Å². The zero-order valence-corrected chi connectivity index (χ0v) is 23.6. The summed E-state index contributed by atoms with van der Waals surface area (Å²) in [5.74, 6) is 1.76. The standard InChI is InChI=1S/C36H39FN2O2/c37-31-8-10-32(11-9-31)39-21-18-30-26-33(40)12-15-35(30)36(39)25-28-6-13-34(14-7-28)41-23-22-38-19-16-29(17-20-38)24-27-4-2-1-3-5-27/h1-15,26,29,36,40H,16-25H2. The summed E-state index contributed by atoms with van der Waals surface area (Å²) in [6, 6.07) is 31.9. The number of anilines is 1. The van der Waals surface area contributed by atoms with Gasteiger partial charge in [-0.15, -0.1) is 0 Å². The minimum atomic E-state index is -0.226. The Hall–Kier alpha value is -3.83. The number of benzene rings is 4. The zero-order valence-electron chi connectivity index (χ0n) is 23.6. The minimum Gasteiger partial charge on any atom is -0.508 e. The molecule has 0 saturated carbocycles. The van der Waals surface area contributed by atoms with Crippen LogP contribution in [0.5, 0.6) is 11.5 Å². The van der Waals surface area contributed by atoms with Gasteiger partial charge in [0.1, 0.15) is 23.9 Å². The molecular formula is C36H39FN2O2. The van der Waals surface area contributed by atoms with Gasteiger partial charge in [-0.1, -0.05) is 48.5 Å². The predicted octanol–water partition coefficient (Wildman–Crippen LogP) is 7.21. The van der Waals surface area contributed by atoms with E-state index in [1.807, 2.05) is 24.3 Å². The van der Waals surface area contributed by atoms with Crippen LogP contribution in [0.4, 0.5) is 10.1 Å². The first-order chi connectivity index (χ1) is 20.1. The quantitative estimate of drug-likeness (QED) is 0.239. The van der Waals surface area contributed by atoms with E-state index in [-0.39, 0.29) is 11.9 Å². The van der Waals surface area contributed by atoms with Crippen molar-refractivity contribution in [2.75, 3.05) is 37.7 Å². The predicted molar refractivity (Wildman–Crippen MR) is 163 cm³/mol. The van der Waals surface area contributed by atoms with Crippen molar-refractivity contribution >= 4 is 5.69 Å². The van der Waals surface area contributed by atoms with Crippen LogP contribution in [0.15, 0.2) is 97.1 Å². The van der Waals surface area contributed by atoms with E-state index in [1.165, 1.54) is 53.6 Å². The van der Waals surface area contributed by atoms with E-state index in [1.54, 1.807) is 6.07 Å². The number of rotatable bonds is 9. The van der Waals surface area contributed by atoms with Crippen LogP contribution in [-0.2, 0) is 19.3 Å². The summed E-state index contributed by atoms with van der Waals surface area (Å²) in [5, 5.41) is 10.1. The van der Waals surface area contributed by atoms with Crippen LogP contribution in [-0.4, -0.2) is 42.8 Å². The molecule has 6 rings (SSSR count). The van der Waals surface area contributed by atoms with E-state index in [4.69, 9.17) is 4.74 Å². The van der Waals surface area contributed by atoms with Gasteiger partial charge in [-0.05, 0) is 122 Å². The summed E-state index contributed by atoms with van der Waals surface area (Å²) in [7, 11) is 0. The Morgan fingerprint density at radius 2 is 1.51 bits per heavy atom. The summed E-state index contributed by atoms with van der Waals surface area (Å²) >= 11 is 0. The van der Waals surface area contributed by atoms with E-state index >= 15 is 0 Å². The Morgan fingerprint density at radius 1 is 0.780 bits per heavy atom. The molecule has 0 radical (unpaired) electrons. The lowest BCUT2D eigenvalue weighted by molar-refractivity contribution is 0.155. The maximum atomic E-state index is 13.6. The molecule has 1 saturated heterocycles. The van der Waals surface area contributed by atoms with Gasteiger partial charge in [-0.25, -0.2) is 4.39 Å². The number of halogens is 1. The number of hydrogen-bond donors (Lipinski definition) is 1. The number of nitrogens with zero attached hydrogens (tertiary/aromatic N) is 2. The van der Waals surface area contributed by atoms with Gasteiger partial charge in [0.05, 0.1) is 6.04 Å². The van der Waals surface area contributed by atoms with E-state index in [0.29, 0.717) is 12.4 Å². The minimum absolute atomic E-state index is 0.0985. The average Bonchev–Trinajstić information content (AvgIpc) is 3.00. The molecule has 0 amide bonds. The van der Waals surface area contributed by atoms with E-state index in [9.17, 15) is 9.50 Å². The Balaban J connectivity index is 1.03. The van der Waals surface area contributed by atoms with Gasteiger partial charge in [0.25, 0.3) is 0 Å². The second kappa shape index (κ2) is 12.8. The topological polar surface area (TPSA) is 35.9 Å². The van der Waals surface area contributed by atoms with Crippen LogP contribution in [0.2, 0.25) is 0 Å². The van der Waals surface area contributed by atoms with Crippen LogP contribution in [0.1, 0.15) is 41.1 Å². The maximum absolute atomic E-state index is 13.6. The molecule has 4 aromatic rings. The monoisotopic (exact) mass is 550 g/mol. The first-order valence-corrected chi connectivity index (χ1v) is 14.9. The molecule has 212 valence electrons. The lowest BCUT2D eigenvalue weighted by Gasteiger charge is -2.39. The fraction of sp³-hybridized carbons (Fsp3) is 0.333. The molecule has 0 bridgehead atoms. The van der Waals surface area contributed by atoms with E-state index < -0.39 is 0 Å². The molecule has 0 spiro atoms. The molecule has 4 nitrogen and oxygen atoms in total. The summed E-state index contributed by atoms with van der Waals surface area (Å²) in [5.41, 5.74) is 6.08. The molecule has 41 heavy (non-hydrogen) atoms. The molecule has 2 aliphatic heterocycles. The molecule has 1 fully saturated rings. The van der Waals surface area contributed by atoms with Crippen molar-refractivity contribution in [2.24, 2.45) is 5.92 Å². The summed E-state index contributed by atoms with van der Waals surface area (Å²) in [6.07, 6.45) is 5.35. The molecule has 0 aromatic heterocycles.